The van der Waals surface area contributed by atoms with Crippen LogP contribution in [0.25, 0.3) is 0 Å². The molecule has 0 saturated carbocycles. The van der Waals surface area contributed by atoms with Crippen molar-refractivity contribution in [3.8, 4) is 0 Å². The van der Waals surface area contributed by atoms with Gasteiger partial charge in [0, 0.05) is 0 Å². The van der Waals surface area contributed by atoms with Gasteiger partial charge in [-0.05, 0) is 52.0 Å². The first-order chi connectivity index (χ1) is 14.9. The molecule has 0 aliphatic carbocycles. The molecule has 3 aromatic rings. The van der Waals surface area contributed by atoms with E-state index >= 15 is 0 Å². The van der Waals surface area contributed by atoms with Gasteiger partial charge in [0.05, 0.1) is 25.6 Å². The minimum atomic E-state index is -0.681. The summed E-state index contributed by atoms with van der Waals surface area (Å²) in [6, 6.07) is 7.10. The average molecular weight is 442 g/mol. The Kier molecular flexibility index (Phi) is 7.19. The van der Waals surface area contributed by atoms with Crippen molar-refractivity contribution in [3.63, 3.8) is 0 Å². The lowest BCUT2D eigenvalue weighted by molar-refractivity contribution is 0.0481. The summed E-state index contributed by atoms with van der Waals surface area (Å²) < 4.78 is 21.3. The van der Waals surface area contributed by atoms with E-state index in [0.29, 0.717) is 11.5 Å². The van der Waals surface area contributed by atoms with Gasteiger partial charge in [0.1, 0.15) is 44.2 Å². The van der Waals surface area contributed by atoms with Crippen LogP contribution in [-0.2, 0) is 9.47 Å². The van der Waals surface area contributed by atoms with Gasteiger partial charge in [-0.25, -0.2) is 19.6 Å². The second-order valence-corrected chi connectivity index (χ2v) is 7.29. The van der Waals surface area contributed by atoms with E-state index in [4.69, 9.17) is 18.3 Å². The molecule has 0 atom stereocenters. The summed E-state index contributed by atoms with van der Waals surface area (Å²) in [7, 11) is 0. The third kappa shape index (κ3) is 5.37. The molecule has 0 aliphatic heterocycles. The molecule has 0 fully saturated rings. The number of esters is 2. The molecule has 3 heterocycles. The molecular formula is C22H22N2O6S. The number of carbonyl (C=O) groups excluding carboxylic acids is 2. The fourth-order valence-corrected chi connectivity index (χ4v) is 3.63. The van der Waals surface area contributed by atoms with Crippen molar-refractivity contribution < 1.29 is 27.9 Å². The normalized spacial score (nSPS) is 11.5. The van der Waals surface area contributed by atoms with Crippen molar-refractivity contribution in [2.45, 2.75) is 27.7 Å². The van der Waals surface area contributed by atoms with Crippen molar-refractivity contribution in [3.05, 3.63) is 58.4 Å². The highest BCUT2D eigenvalue weighted by Gasteiger charge is 2.30. The SMILES string of the molecule is CCOC(=O)c1c(/N=C/c2ccc(C)o2)sc(/N=C/c2ccc(C)o2)c1C(=O)OCC. The van der Waals surface area contributed by atoms with Crippen LogP contribution in [0.1, 0.15) is 57.6 Å². The first kappa shape index (κ1) is 22.2. The van der Waals surface area contributed by atoms with Crippen LogP contribution in [0.4, 0.5) is 10.0 Å². The summed E-state index contributed by atoms with van der Waals surface area (Å²) in [4.78, 5) is 34.2. The zero-order valence-corrected chi connectivity index (χ0v) is 18.4. The molecule has 0 saturated heterocycles. The van der Waals surface area contributed by atoms with Crippen LogP contribution in [0.5, 0.6) is 0 Å². The highest BCUT2D eigenvalue weighted by atomic mass is 32.1. The first-order valence-corrected chi connectivity index (χ1v) is 10.5. The van der Waals surface area contributed by atoms with E-state index in [1.807, 2.05) is 13.8 Å². The maximum Gasteiger partial charge on any atom is 0.342 e. The number of aryl methyl sites for hydroxylation is 2. The van der Waals surface area contributed by atoms with E-state index in [-0.39, 0.29) is 34.3 Å². The zero-order valence-electron chi connectivity index (χ0n) is 17.6. The van der Waals surface area contributed by atoms with Crippen molar-refractivity contribution in [1.82, 2.24) is 0 Å². The Morgan fingerprint density at radius 3 is 1.58 bits per heavy atom. The van der Waals surface area contributed by atoms with E-state index in [1.165, 1.54) is 12.4 Å². The topological polar surface area (TPSA) is 104 Å². The fraction of sp³-hybridized carbons (Fsp3) is 0.273. The largest absolute Gasteiger partial charge is 0.462 e. The number of aliphatic imine (C=N–C) groups is 2. The van der Waals surface area contributed by atoms with E-state index in [1.54, 1.807) is 38.1 Å². The molecule has 0 unspecified atom stereocenters. The van der Waals surface area contributed by atoms with Gasteiger partial charge in [-0.3, -0.25) is 0 Å². The van der Waals surface area contributed by atoms with Crippen LogP contribution in [0.3, 0.4) is 0 Å². The number of thiophene rings is 1. The zero-order chi connectivity index (χ0) is 22.4. The maximum absolute atomic E-state index is 12.7. The lowest BCUT2D eigenvalue weighted by Crippen LogP contribution is -2.12. The standard InChI is InChI=1S/C22H22N2O6S/c1-5-27-21(25)17-18(22(26)28-6-2)20(24-12-16-10-8-14(4)30-16)31-19(17)23-11-15-9-7-13(3)29-15/h7-12H,5-6H2,1-4H3/b23-11+,24-12+. The van der Waals surface area contributed by atoms with Gasteiger partial charge in [-0.1, -0.05) is 11.3 Å². The number of hydrogen-bond acceptors (Lipinski definition) is 9. The van der Waals surface area contributed by atoms with Crippen LogP contribution >= 0.6 is 11.3 Å². The van der Waals surface area contributed by atoms with Gasteiger partial charge in [0.25, 0.3) is 0 Å². The van der Waals surface area contributed by atoms with Crippen LogP contribution in [0.2, 0.25) is 0 Å². The first-order valence-electron chi connectivity index (χ1n) is 9.65. The van der Waals surface area contributed by atoms with Crippen molar-refractivity contribution in [1.29, 1.82) is 0 Å². The quantitative estimate of drug-likeness (QED) is 0.341. The molecule has 8 nitrogen and oxygen atoms in total. The Labute approximate surface area is 183 Å². The lowest BCUT2D eigenvalue weighted by atomic mass is 10.1. The lowest BCUT2D eigenvalue weighted by Gasteiger charge is -2.05. The number of furan rings is 2. The number of nitrogens with zero attached hydrogens (tertiary/aromatic N) is 2. The molecule has 0 N–H and O–H groups in total. The number of hydrogen-bond donors (Lipinski definition) is 0. The molecule has 0 aliphatic rings. The molecule has 9 heteroatoms. The summed E-state index contributed by atoms with van der Waals surface area (Å²) in [5.74, 6) is 1.11. The number of rotatable bonds is 8. The molecule has 0 aromatic carbocycles. The molecule has 0 amide bonds. The summed E-state index contributed by atoms with van der Waals surface area (Å²) >= 11 is 1.07. The Hall–Kier alpha value is -3.46. The molecule has 0 bridgehead atoms. The predicted octanol–water partition coefficient (Wildman–Crippen LogP) is 5.41. The molecule has 162 valence electrons. The van der Waals surface area contributed by atoms with Gasteiger partial charge in [-0.2, -0.15) is 0 Å². The highest BCUT2D eigenvalue weighted by molar-refractivity contribution is 7.20. The molecule has 3 aromatic heterocycles. The smallest absolute Gasteiger partial charge is 0.342 e. The summed E-state index contributed by atoms with van der Waals surface area (Å²) in [5, 5.41) is 0.525. The Morgan fingerprint density at radius 2 is 1.26 bits per heavy atom. The van der Waals surface area contributed by atoms with Crippen LogP contribution in [-0.4, -0.2) is 37.6 Å². The number of carbonyl (C=O) groups is 2. The van der Waals surface area contributed by atoms with Crippen molar-refractivity contribution in [2.75, 3.05) is 13.2 Å². The second kappa shape index (κ2) is 10.0. The summed E-state index contributed by atoms with van der Waals surface area (Å²) in [6.45, 7) is 7.27. The summed E-state index contributed by atoms with van der Waals surface area (Å²) in [6.07, 6.45) is 2.94. The predicted molar refractivity (Wildman–Crippen MR) is 118 cm³/mol. The minimum Gasteiger partial charge on any atom is -0.462 e. The minimum absolute atomic E-state index is 0.00704. The van der Waals surface area contributed by atoms with E-state index in [2.05, 4.69) is 9.98 Å². The number of ether oxygens (including phenoxy) is 2. The third-order valence-electron chi connectivity index (χ3n) is 3.97. The molecular weight excluding hydrogens is 420 g/mol. The van der Waals surface area contributed by atoms with Gasteiger partial charge < -0.3 is 18.3 Å². The van der Waals surface area contributed by atoms with E-state index in [0.717, 1.165) is 22.9 Å². The Morgan fingerprint density at radius 1 is 0.839 bits per heavy atom. The van der Waals surface area contributed by atoms with Gasteiger partial charge >= 0.3 is 11.9 Å². The maximum atomic E-state index is 12.7. The highest BCUT2D eigenvalue weighted by Crippen LogP contribution is 2.42. The molecule has 31 heavy (non-hydrogen) atoms. The second-order valence-electron chi connectivity index (χ2n) is 6.32. The third-order valence-corrected chi connectivity index (χ3v) is 4.98. The molecule has 3 rings (SSSR count). The van der Waals surface area contributed by atoms with E-state index < -0.39 is 11.9 Å². The Bertz CT molecular complexity index is 1050. The Balaban J connectivity index is 2.11. The molecule has 0 spiro atoms. The van der Waals surface area contributed by atoms with Crippen LogP contribution in [0.15, 0.2) is 43.1 Å². The van der Waals surface area contributed by atoms with Gasteiger partial charge in [0.15, 0.2) is 0 Å². The van der Waals surface area contributed by atoms with Crippen molar-refractivity contribution in [2.24, 2.45) is 9.98 Å². The van der Waals surface area contributed by atoms with Gasteiger partial charge in [0.2, 0.25) is 0 Å². The fourth-order valence-electron chi connectivity index (χ4n) is 2.66. The van der Waals surface area contributed by atoms with E-state index in [9.17, 15) is 9.59 Å². The monoisotopic (exact) mass is 442 g/mol. The van der Waals surface area contributed by atoms with Crippen LogP contribution in [0, 0.1) is 13.8 Å². The van der Waals surface area contributed by atoms with Crippen LogP contribution < -0.4 is 0 Å². The average Bonchev–Trinajstić information content (AvgIpc) is 3.43. The van der Waals surface area contributed by atoms with Crippen molar-refractivity contribution >= 4 is 45.7 Å². The molecule has 0 radical (unpaired) electrons. The summed E-state index contributed by atoms with van der Waals surface area (Å²) in [5.41, 5.74) is 0.0141. The van der Waals surface area contributed by atoms with Gasteiger partial charge in [-0.15, -0.1) is 0 Å².